The molecule has 2 rings (SSSR count). The first-order chi connectivity index (χ1) is 10.6. The molecule has 0 aliphatic rings. The summed E-state index contributed by atoms with van der Waals surface area (Å²) < 4.78 is 0. The van der Waals surface area contributed by atoms with Gasteiger partial charge in [0, 0.05) is 12.1 Å². The van der Waals surface area contributed by atoms with E-state index in [4.69, 9.17) is 0 Å². The molecule has 3 nitrogen and oxygen atoms in total. The van der Waals surface area contributed by atoms with Gasteiger partial charge in [0.2, 0.25) is 0 Å². The van der Waals surface area contributed by atoms with Gasteiger partial charge in [-0.25, -0.2) is 0 Å². The van der Waals surface area contributed by atoms with Crippen molar-refractivity contribution in [2.45, 2.75) is 39.2 Å². The number of thiophene rings is 1. The fraction of sp³-hybridized carbons (Fsp3) is 0.389. The Kier molecular flexibility index (Phi) is 6.16. The van der Waals surface area contributed by atoms with Crippen LogP contribution in [-0.2, 0) is 0 Å². The monoisotopic (exact) mass is 317 g/mol. The van der Waals surface area contributed by atoms with Gasteiger partial charge in [0.1, 0.15) is 0 Å². The van der Waals surface area contributed by atoms with Crippen molar-refractivity contribution in [1.29, 1.82) is 0 Å². The van der Waals surface area contributed by atoms with Gasteiger partial charge < -0.3 is 10.4 Å². The Bertz CT molecular complexity index is 604. The fourth-order valence-electron chi connectivity index (χ4n) is 2.27. The SMILES string of the molecule is CC[C@H](O)CCCNC(=O)c1sccc1-c1ccc(C)cc1. The maximum absolute atomic E-state index is 12.3. The standard InChI is InChI=1S/C18H23NO2S/c1-3-15(20)5-4-11-19-18(21)17-16(10-12-22-17)14-8-6-13(2)7-9-14/h6-10,12,15,20H,3-5,11H2,1-2H3,(H,19,21)/t15-/m0/s1. The molecule has 0 aliphatic carbocycles. The Labute approximate surface area is 136 Å². The molecule has 1 amide bonds. The van der Waals surface area contributed by atoms with Crippen molar-refractivity contribution in [3.8, 4) is 11.1 Å². The van der Waals surface area contributed by atoms with Gasteiger partial charge in [-0.15, -0.1) is 11.3 Å². The summed E-state index contributed by atoms with van der Waals surface area (Å²) in [6.45, 7) is 4.61. The minimum Gasteiger partial charge on any atom is -0.393 e. The molecule has 1 aromatic carbocycles. The third-order valence-corrected chi connectivity index (χ3v) is 4.62. The predicted octanol–water partition coefficient (Wildman–Crippen LogP) is 4.00. The first kappa shape index (κ1) is 16.7. The molecule has 118 valence electrons. The van der Waals surface area contributed by atoms with E-state index in [0.717, 1.165) is 35.3 Å². The zero-order valence-electron chi connectivity index (χ0n) is 13.1. The number of rotatable bonds is 7. The molecular weight excluding hydrogens is 294 g/mol. The molecule has 0 aliphatic heterocycles. The van der Waals surface area contributed by atoms with Gasteiger partial charge >= 0.3 is 0 Å². The van der Waals surface area contributed by atoms with Gasteiger partial charge in [0.25, 0.3) is 5.91 Å². The summed E-state index contributed by atoms with van der Waals surface area (Å²) in [7, 11) is 0. The summed E-state index contributed by atoms with van der Waals surface area (Å²) in [5.74, 6) is -0.0310. The van der Waals surface area contributed by atoms with Crippen molar-refractivity contribution >= 4 is 17.2 Å². The molecule has 0 radical (unpaired) electrons. The number of carbonyl (C=O) groups excluding carboxylic acids is 1. The molecule has 4 heteroatoms. The minimum atomic E-state index is -0.262. The van der Waals surface area contributed by atoms with Crippen molar-refractivity contribution in [2.75, 3.05) is 6.54 Å². The summed E-state index contributed by atoms with van der Waals surface area (Å²) in [4.78, 5) is 13.1. The van der Waals surface area contributed by atoms with Crippen molar-refractivity contribution in [1.82, 2.24) is 5.32 Å². The highest BCUT2D eigenvalue weighted by Crippen LogP contribution is 2.28. The largest absolute Gasteiger partial charge is 0.393 e. The van der Waals surface area contributed by atoms with Crippen molar-refractivity contribution in [2.24, 2.45) is 0 Å². The van der Waals surface area contributed by atoms with E-state index < -0.39 is 0 Å². The van der Waals surface area contributed by atoms with E-state index in [1.807, 2.05) is 30.5 Å². The Morgan fingerprint density at radius 2 is 2.00 bits per heavy atom. The van der Waals surface area contributed by atoms with Crippen LogP contribution in [0.1, 0.15) is 41.4 Å². The topological polar surface area (TPSA) is 49.3 Å². The minimum absolute atomic E-state index is 0.0310. The lowest BCUT2D eigenvalue weighted by atomic mass is 10.0. The second-order valence-electron chi connectivity index (χ2n) is 5.49. The van der Waals surface area contributed by atoms with E-state index >= 15 is 0 Å². The van der Waals surface area contributed by atoms with Crippen molar-refractivity contribution < 1.29 is 9.90 Å². The number of aryl methyl sites for hydroxylation is 1. The first-order valence-corrected chi connectivity index (χ1v) is 8.60. The zero-order valence-corrected chi connectivity index (χ0v) is 14.0. The third kappa shape index (κ3) is 4.42. The summed E-state index contributed by atoms with van der Waals surface area (Å²) in [6, 6.07) is 10.2. The number of hydrogen-bond donors (Lipinski definition) is 2. The van der Waals surface area contributed by atoms with Crippen molar-refractivity contribution in [3.05, 3.63) is 46.2 Å². The summed E-state index contributed by atoms with van der Waals surface area (Å²) >= 11 is 1.46. The molecule has 0 saturated carbocycles. The summed E-state index contributed by atoms with van der Waals surface area (Å²) in [6.07, 6.45) is 2.02. The molecule has 0 spiro atoms. The second kappa shape index (κ2) is 8.11. The van der Waals surface area contributed by atoms with Crippen LogP contribution in [0, 0.1) is 6.92 Å². The van der Waals surface area contributed by atoms with Crippen LogP contribution in [0.15, 0.2) is 35.7 Å². The molecule has 0 unspecified atom stereocenters. The van der Waals surface area contributed by atoms with Gasteiger partial charge in [-0.3, -0.25) is 4.79 Å². The molecule has 0 fully saturated rings. The zero-order chi connectivity index (χ0) is 15.9. The lowest BCUT2D eigenvalue weighted by Crippen LogP contribution is -2.24. The molecule has 0 bridgehead atoms. The molecule has 1 aromatic heterocycles. The van der Waals surface area contributed by atoms with Crippen LogP contribution in [-0.4, -0.2) is 23.7 Å². The van der Waals surface area contributed by atoms with Crippen LogP contribution >= 0.6 is 11.3 Å². The normalized spacial score (nSPS) is 12.1. The average Bonchev–Trinajstić information content (AvgIpc) is 3.01. The van der Waals surface area contributed by atoms with E-state index in [1.54, 1.807) is 0 Å². The maximum atomic E-state index is 12.3. The third-order valence-electron chi connectivity index (χ3n) is 3.70. The van der Waals surface area contributed by atoms with Crippen LogP contribution < -0.4 is 5.32 Å². The van der Waals surface area contributed by atoms with Gasteiger partial charge in [0.05, 0.1) is 11.0 Å². The lowest BCUT2D eigenvalue weighted by Gasteiger charge is -2.09. The molecular formula is C18H23NO2S. The van der Waals surface area contributed by atoms with E-state index in [1.165, 1.54) is 16.9 Å². The molecule has 0 saturated heterocycles. The molecule has 1 atom stereocenters. The molecule has 22 heavy (non-hydrogen) atoms. The van der Waals surface area contributed by atoms with E-state index in [9.17, 15) is 9.90 Å². The van der Waals surface area contributed by atoms with Crippen LogP contribution in [0.5, 0.6) is 0 Å². The highest BCUT2D eigenvalue weighted by atomic mass is 32.1. The number of amides is 1. The van der Waals surface area contributed by atoms with Crippen LogP contribution in [0.3, 0.4) is 0 Å². The highest BCUT2D eigenvalue weighted by molar-refractivity contribution is 7.12. The number of hydrogen-bond acceptors (Lipinski definition) is 3. The van der Waals surface area contributed by atoms with Gasteiger partial charge in [-0.2, -0.15) is 0 Å². The number of carbonyl (C=O) groups is 1. The lowest BCUT2D eigenvalue weighted by molar-refractivity contribution is 0.0953. The van der Waals surface area contributed by atoms with Crippen LogP contribution in [0.2, 0.25) is 0 Å². The first-order valence-electron chi connectivity index (χ1n) is 7.72. The number of aliphatic hydroxyl groups is 1. The maximum Gasteiger partial charge on any atom is 0.261 e. The Morgan fingerprint density at radius 3 is 2.68 bits per heavy atom. The fourth-order valence-corrected chi connectivity index (χ4v) is 3.10. The Morgan fingerprint density at radius 1 is 1.27 bits per heavy atom. The summed E-state index contributed by atoms with van der Waals surface area (Å²) in [5.41, 5.74) is 3.26. The smallest absolute Gasteiger partial charge is 0.261 e. The highest BCUT2D eigenvalue weighted by Gasteiger charge is 2.14. The second-order valence-corrected chi connectivity index (χ2v) is 6.41. The Balaban J connectivity index is 1.97. The van der Waals surface area contributed by atoms with Crippen LogP contribution in [0.4, 0.5) is 0 Å². The van der Waals surface area contributed by atoms with Crippen LogP contribution in [0.25, 0.3) is 11.1 Å². The molecule has 1 heterocycles. The molecule has 2 N–H and O–H groups in total. The predicted molar refractivity (Wildman–Crippen MR) is 92.4 cm³/mol. The van der Waals surface area contributed by atoms with E-state index in [-0.39, 0.29) is 12.0 Å². The quantitative estimate of drug-likeness (QED) is 0.758. The number of aliphatic hydroxyl groups excluding tert-OH is 1. The van der Waals surface area contributed by atoms with Crippen molar-refractivity contribution in [3.63, 3.8) is 0 Å². The molecule has 2 aromatic rings. The van der Waals surface area contributed by atoms with E-state index in [2.05, 4.69) is 24.4 Å². The van der Waals surface area contributed by atoms with Gasteiger partial charge in [0.15, 0.2) is 0 Å². The van der Waals surface area contributed by atoms with E-state index in [0.29, 0.717) is 6.54 Å². The Hall–Kier alpha value is -1.65. The number of nitrogens with one attached hydrogen (secondary N) is 1. The summed E-state index contributed by atoms with van der Waals surface area (Å²) in [5, 5.41) is 14.4. The van der Waals surface area contributed by atoms with Gasteiger partial charge in [-0.1, -0.05) is 36.8 Å². The number of benzene rings is 1. The van der Waals surface area contributed by atoms with Gasteiger partial charge in [-0.05, 0) is 43.2 Å². The average molecular weight is 317 g/mol.